The fourth-order valence-corrected chi connectivity index (χ4v) is 0.805. The highest BCUT2D eigenvalue weighted by molar-refractivity contribution is 5.61. The first kappa shape index (κ1) is 11.9. The van der Waals surface area contributed by atoms with Crippen molar-refractivity contribution >= 4 is 6.08 Å². The Labute approximate surface area is 84.7 Å². The lowest BCUT2D eigenvalue weighted by atomic mass is 10.1. The molecule has 0 fully saturated rings. The summed E-state index contributed by atoms with van der Waals surface area (Å²) in [5.41, 5.74) is 0.997. The normalized spacial score (nSPS) is 7.14. The summed E-state index contributed by atoms with van der Waals surface area (Å²) in [6.45, 7) is 4.00. The first-order chi connectivity index (χ1) is 6.86. The average Bonchev–Trinajstić information content (AvgIpc) is 2.30. The van der Waals surface area contributed by atoms with Gasteiger partial charge in [0.1, 0.15) is 17.7 Å². The van der Waals surface area contributed by atoms with Crippen molar-refractivity contribution in [3.63, 3.8) is 0 Å². The lowest BCUT2D eigenvalue weighted by Crippen LogP contribution is -1.73. The highest BCUT2D eigenvalue weighted by Gasteiger charge is 1.91. The molecule has 0 spiro atoms. The Morgan fingerprint density at radius 3 is 2.00 bits per heavy atom. The first-order valence-corrected chi connectivity index (χ1v) is 4.44. The number of benzene rings is 1. The van der Waals surface area contributed by atoms with Crippen molar-refractivity contribution in [2.75, 3.05) is 0 Å². The predicted molar refractivity (Wildman–Crippen MR) is 57.0 cm³/mol. The second-order valence-electron chi connectivity index (χ2n) is 2.19. The molecule has 0 unspecified atom stereocenters. The third-order valence-electron chi connectivity index (χ3n) is 1.35. The fraction of sp³-hybridized carbons (Fsp3) is 0.167. The van der Waals surface area contributed by atoms with Crippen LogP contribution in [0, 0.1) is 22.7 Å². The summed E-state index contributed by atoms with van der Waals surface area (Å²) in [7, 11) is 0. The number of nitrogens with zero attached hydrogens (tertiary/aromatic N) is 2. The van der Waals surface area contributed by atoms with Gasteiger partial charge in [0.15, 0.2) is 0 Å². The molecule has 0 bridgehead atoms. The summed E-state index contributed by atoms with van der Waals surface area (Å²) in [5.74, 6) is 0. The van der Waals surface area contributed by atoms with Gasteiger partial charge in [-0.05, 0) is 11.6 Å². The number of hydrogen-bond acceptors (Lipinski definition) is 2. The van der Waals surface area contributed by atoms with E-state index >= 15 is 0 Å². The standard InChI is InChI=1S/C10H6N2.C2H6/c11-7-10(8-12)6-9-4-2-1-3-5-9;1-2/h1-6H;1-2H3. The van der Waals surface area contributed by atoms with Gasteiger partial charge in [-0.2, -0.15) is 10.5 Å². The minimum absolute atomic E-state index is 0.126. The molecule has 1 aromatic rings. The van der Waals surface area contributed by atoms with Crippen LogP contribution >= 0.6 is 0 Å². The third-order valence-corrected chi connectivity index (χ3v) is 1.35. The molecule has 0 radical (unpaired) electrons. The van der Waals surface area contributed by atoms with E-state index in [1.54, 1.807) is 18.2 Å². The summed E-state index contributed by atoms with van der Waals surface area (Å²) in [6, 6.07) is 12.9. The second-order valence-corrected chi connectivity index (χ2v) is 2.19. The quantitative estimate of drug-likeness (QED) is 0.629. The summed E-state index contributed by atoms with van der Waals surface area (Å²) in [5, 5.41) is 16.9. The molecule has 0 amide bonds. The molecule has 0 aliphatic heterocycles. The smallest absolute Gasteiger partial charge is 0.130 e. The minimum atomic E-state index is 0.126. The van der Waals surface area contributed by atoms with Crippen LogP contribution in [0.4, 0.5) is 0 Å². The molecule has 0 aromatic heterocycles. The van der Waals surface area contributed by atoms with Crippen LogP contribution in [0.3, 0.4) is 0 Å². The van der Waals surface area contributed by atoms with E-state index in [0.717, 1.165) is 5.56 Å². The second kappa shape index (κ2) is 7.58. The van der Waals surface area contributed by atoms with Gasteiger partial charge in [-0.1, -0.05) is 44.2 Å². The molecule has 0 N–H and O–H groups in total. The van der Waals surface area contributed by atoms with E-state index in [2.05, 4.69) is 0 Å². The maximum atomic E-state index is 8.45. The van der Waals surface area contributed by atoms with Gasteiger partial charge < -0.3 is 0 Å². The monoisotopic (exact) mass is 184 g/mol. The van der Waals surface area contributed by atoms with Crippen molar-refractivity contribution in [3.05, 3.63) is 41.5 Å². The molecule has 0 aliphatic carbocycles. The van der Waals surface area contributed by atoms with E-state index in [9.17, 15) is 0 Å². The molecular weight excluding hydrogens is 172 g/mol. The largest absolute Gasteiger partial charge is 0.192 e. The van der Waals surface area contributed by atoms with E-state index in [0.29, 0.717) is 0 Å². The van der Waals surface area contributed by atoms with E-state index in [1.807, 2.05) is 44.2 Å². The van der Waals surface area contributed by atoms with Crippen LogP contribution in [-0.2, 0) is 0 Å². The molecule has 0 aliphatic rings. The molecule has 0 heterocycles. The minimum Gasteiger partial charge on any atom is -0.192 e. The molecular formula is C12H12N2. The van der Waals surface area contributed by atoms with Crippen molar-refractivity contribution in [1.29, 1.82) is 10.5 Å². The maximum Gasteiger partial charge on any atom is 0.130 e. The van der Waals surface area contributed by atoms with Crippen molar-refractivity contribution in [2.24, 2.45) is 0 Å². The Kier molecular flexibility index (Phi) is 6.47. The molecule has 1 aromatic carbocycles. The zero-order chi connectivity index (χ0) is 10.8. The number of allylic oxidation sites excluding steroid dienone is 1. The maximum absolute atomic E-state index is 8.45. The van der Waals surface area contributed by atoms with Crippen LogP contribution in [0.15, 0.2) is 35.9 Å². The number of rotatable bonds is 1. The molecule has 0 saturated heterocycles. The van der Waals surface area contributed by atoms with E-state index in [-0.39, 0.29) is 5.57 Å². The van der Waals surface area contributed by atoms with Crippen molar-refractivity contribution in [2.45, 2.75) is 13.8 Å². The highest BCUT2D eigenvalue weighted by atomic mass is 14.3. The van der Waals surface area contributed by atoms with Gasteiger partial charge in [-0.15, -0.1) is 0 Å². The van der Waals surface area contributed by atoms with Gasteiger partial charge in [0.05, 0.1) is 0 Å². The Morgan fingerprint density at radius 1 is 1.07 bits per heavy atom. The van der Waals surface area contributed by atoms with Crippen molar-refractivity contribution < 1.29 is 0 Å². The SMILES string of the molecule is CC.N#CC(C#N)=Cc1ccccc1. The van der Waals surface area contributed by atoms with Crippen molar-refractivity contribution in [3.8, 4) is 12.1 Å². The van der Waals surface area contributed by atoms with E-state index in [4.69, 9.17) is 10.5 Å². The zero-order valence-corrected chi connectivity index (χ0v) is 8.36. The Hall–Kier alpha value is -2.06. The van der Waals surface area contributed by atoms with Gasteiger partial charge >= 0.3 is 0 Å². The molecule has 14 heavy (non-hydrogen) atoms. The lowest BCUT2D eigenvalue weighted by Gasteiger charge is -1.88. The summed E-state index contributed by atoms with van der Waals surface area (Å²) < 4.78 is 0. The van der Waals surface area contributed by atoms with Gasteiger partial charge in [-0.25, -0.2) is 0 Å². The molecule has 1 rings (SSSR count). The van der Waals surface area contributed by atoms with E-state index in [1.165, 1.54) is 0 Å². The number of nitriles is 2. The number of hydrogen-bond donors (Lipinski definition) is 0. The van der Waals surface area contributed by atoms with Gasteiger partial charge in [0.25, 0.3) is 0 Å². The summed E-state index contributed by atoms with van der Waals surface area (Å²) in [6.07, 6.45) is 1.56. The van der Waals surface area contributed by atoms with Gasteiger partial charge in [0, 0.05) is 0 Å². The molecule has 2 nitrogen and oxygen atoms in total. The molecule has 70 valence electrons. The van der Waals surface area contributed by atoms with Crippen LogP contribution in [0.25, 0.3) is 6.08 Å². The Balaban J connectivity index is 0.000000791. The lowest BCUT2D eigenvalue weighted by molar-refractivity contribution is 1.47. The van der Waals surface area contributed by atoms with Crippen LogP contribution in [0.1, 0.15) is 19.4 Å². The fourth-order valence-electron chi connectivity index (χ4n) is 0.805. The third kappa shape index (κ3) is 4.09. The Bertz CT molecular complexity index is 348. The van der Waals surface area contributed by atoms with Crippen LogP contribution in [0.2, 0.25) is 0 Å². The van der Waals surface area contributed by atoms with Gasteiger partial charge in [0.2, 0.25) is 0 Å². The molecule has 0 saturated carbocycles. The van der Waals surface area contributed by atoms with Crippen LogP contribution < -0.4 is 0 Å². The molecule has 0 atom stereocenters. The Morgan fingerprint density at radius 2 is 1.57 bits per heavy atom. The van der Waals surface area contributed by atoms with Crippen LogP contribution in [-0.4, -0.2) is 0 Å². The van der Waals surface area contributed by atoms with Crippen LogP contribution in [0.5, 0.6) is 0 Å². The van der Waals surface area contributed by atoms with Gasteiger partial charge in [-0.3, -0.25) is 0 Å². The average molecular weight is 184 g/mol. The van der Waals surface area contributed by atoms with E-state index < -0.39 is 0 Å². The summed E-state index contributed by atoms with van der Waals surface area (Å²) >= 11 is 0. The predicted octanol–water partition coefficient (Wildman–Crippen LogP) is 3.14. The topological polar surface area (TPSA) is 47.6 Å². The first-order valence-electron chi connectivity index (χ1n) is 4.44. The molecule has 2 heteroatoms. The summed E-state index contributed by atoms with van der Waals surface area (Å²) in [4.78, 5) is 0. The highest BCUT2D eigenvalue weighted by Crippen LogP contribution is 2.04. The zero-order valence-electron chi connectivity index (χ0n) is 8.36. The van der Waals surface area contributed by atoms with Crippen molar-refractivity contribution in [1.82, 2.24) is 0 Å².